The normalized spacial score (nSPS) is 23.8. The van der Waals surface area contributed by atoms with Gasteiger partial charge in [0, 0.05) is 13.2 Å². The molecule has 0 saturated carbocycles. The zero-order valence-corrected chi connectivity index (χ0v) is 9.28. The van der Waals surface area contributed by atoms with Crippen LogP contribution in [0.2, 0.25) is 0 Å². The highest BCUT2D eigenvalue weighted by Gasteiger charge is 2.29. The quantitative estimate of drug-likeness (QED) is 0.713. The summed E-state index contributed by atoms with van der Waals surface area (Å²) in [4.78, 5) is 0. The van der Waals surface area contributed by atoms with Gasteiger partial charge in [0.05, 0.1) is 6.10 Å². The zero-order valence-electron chi connectivity index (χ0n) is 9.28. The van der Waals surface area contributed by atoms with Gasteiger partial charge >= 0.3 is 0 Å². The van der Waals surface area contributed by atoms with Gasteiger partial charge in [-0.3, -0.25) is 0 Å². The third kappa shape index (κ3) is 2.94. The van der Waals surface area contributed by atoms with Crippen LogP contribution in [0.4, 0.5) is 0 Å². The van der Waals surface area contributed by atoms with Gasteiger partial charge in [-0.2, -0.15) is 0 Å². The molecule has 0 bridgehead atoms. The van der Waals surface area contributed by atoms with Crippen LogP contribution >= 0.6 is 0 Å². The Kier molecular flexibility index (Phi) is 4.85. The first-order valence-corrected chi connectivity index (χ1v) is 5.62. The van der Waals surface area contributed by atoms with Crippen LogP contribution in [0.15, 0.2) is 0 Å². The van der Waals surface area contributed by atoms with Crippen LogP contribution in [0.1, 0.15) is 26.7 Å². The average molecular weight is 201 g/mol. The van der Waals surface area contributed by atoms with Crippen LogP contribution in [0, 0.1) is 17.8 Å². The molecule has 0 aliphatic carbocycles. The molecule has 1 aliphatic heterocycles. The van der Waals surface area contributed by atoms with Gasteiger partial charge in [0.15, 0.2) is 0 Å². The van der Waals surface area contributed by atoms with E-state index in [2.05, 4.69) is 13.8 Å². The maximum atomic E-state index is 10.2. The van der Waals surface area contributed by atoms with Gasteiger partial charge in [-0.15, -0.1) is 0 Å². The summed E-state index contributed by atoms with van der Waals surface area (Å²) in [5.74, 6) is 1.08. The number of aliphatic hydroxyl groups excluding tert-OH is 1. The van der Waals surface area contributed by atoms with E-state index in [0.29, 0.717) is 18.4 Å². The fraction of sp³-hybridized carbons (Fsp3) is 1.00. The highest BCUT2D eigenvalue weighted by Crippen LogP contribution is 2.26. The van der Waals surface area contributed by atoms with Crippen LogP contribution in [-0.2, 0) is 4.74 Å². The van der Waals surface area contributed by atoms with Crippen LogP contribution in [-0.4, -0.2) is 31.0 Å². The van der Waals surface area contributed by atoms with Crippen molar-refractivity contribution in [2.75, 3.05) is 19.8 Å². The van der Waals surface area contributed by atoms with Crippen molar-refractivity contribution in [1.29, 1.82) is 0 Å². The molecule has 2 unspecified atom stereocenters. The summed E-state index contributed by atoms with van der Waals surface area (Å²) in [5, 5.41) is 10.2. The zero-order chi connectivity index (χ0) is 10.6. The maximum absolute atomic E-state index is 10.2. The van der Waals surface area contributed by atoms with Crippen LogP contribution in [0.25, 0.3) is 0 Å². The molecule has 2 atom stereocenters. The molecule has 1 saturated heterocycles. The Morgan fingerprint density at radius 1 is 1.36 bits per heavy atom. The van der Waals surface area contributed by atoms with Crippen molar-refractivity contribution in [2.24, 2.45) is 23.5 Å². The molecular weight excluding hydrogens is 178 g/mol. The fourth-order valence-electron chi connectivity index (χ4n) is 2.21. The molecule has 1 heterocycles. The van der Waals surface area contributed by atoms with E-state index < -0.39 is 0 Å². The van der Waals surface area contributed by atoms with Crippen molar-refractivity contribution in [2.45, 2.75) is 32.8 Å². The minimum absolute atomic E-state index is 0.234. The average Bonchev–Trinajstić information content (AvgIpc) is 2.19. The largest absolute Gasteiger partial charge is 0.392 e. The molecule has 3 nitrogen and oxygen atoms in total. The second-order valence-corrected chi connectivity index (χ2v) is 4.58. The Balaban J connectivity index is 2.47. The molecule has 14 heavy (non-hydrogen) atoms. The summed E-state index contributed by atoms with van der Waals surface area (Å²) < 4.78 is 5.28. The van der Waals surface area contributed by atoms with Crippen molar-refractivity contribution in [3.05, 3.63) is 0 Å². The first kappa shape index (κ1) is 12.0. The number of ether oxygens (including phenoxy) is 1. The smallest absolute Gasteiger partial charge is 0.0612 e. The molecule has 3 heteroatoms. The van der Waals surface area contributed by atoms with Gasteiger partial charge in [0.25, 0.3) is 0 Å². The molecule has 0 aromatic carbocycles. The minimum atomic E-state index is -0.246. The van der Waals surface area contributed by atoms with E-state index in [-0.39, 0.29) is 12.0 Å². The summed E-state index contributed by atoms with van der Waals surface area (Å²) in [6.07, 6.45) is 1.71. The summed E-state index contributed by atoms with van der Waals surface area (Å²) in [6.45, 7) is 6.41. The van der Waals surface area contributed by atoms with Crippen molar-refractivity contribution >= 4 is 0 Å². The fourth-order valence-corrected chi connectivity index (χ4v) is 2.21. The minimum Gasteiger partial charge on any atom is -0.392 e. The highest BCUT2D eigenvalue weighted by atomic mass is 16.5. The second kappa shape index (κ2) is 5.69. The van der Waals surface area contributed by atoms with Crippen LogP contribution in [0.3, 0.4) is 0 Å². The van der Waals surface area contributed by atoms with Gasteiger partial charge < -0.3 is 15.6 Å². The number of hydrogen-bond donors (Lipinski definition) is 2. The molecule has 1 aliphatic rings. The molecule has 84 valence electrons. The van der Waals surface area contributed by atoms with Crippen LogP contribution < -0.4 is 5.73 Å². The van der Waals surface area contributed by atoms with E-state index in [4.69, 9.17) is 10.5 Å². The topological polar surface area (TPSA) is 55.5 Å². The van der Waals surface area contributed by atoms with Gasteiger partial charge in [0.2, 0.25) is 0 Å². The SMILES string of the molecule is CC(C)C(CN)C(O)C1CCOCC1. The lowest BCUT2D eigenvalue weighted by molar-refractivity contribution is -0.0252. The first-order valence-electron chi connectivity index (χ1n) is 5.62. The van der Waals surface area contributed by atoms with Crippen molar-refractivity contribution in [3.8, 4) is 0 Å². The third-order valence-electron chi connectivity index (χ3n) is 3.32. The summed E-state index contributed by atoms with van der Waals surface area (Å²) >= 11 is 0. The summed E-state index contributed by atoms with van der Waals surface area (Å²) in [7, 11) is 0. The predicted molar refractivity (Wildman–Crippen MR) is 56.9 cm³/mol. The lowest BCUT2D eigenvalue weighted by atomic mass is 9.80. The standard InChI is InChI=1S/C11H23NO2/c1-8(2)10(7-12)11(13)9-3-5-14-6-4-9/h8-11,13H,3-7,12H2,1-2H3. The van der Waals surface area contributed by atoms with E-state index in [1.165, 1.54) is 0 Å². The van der Waals surface area contributed by atoms with Gasteiger partial charge in [-0.1, -0.05) is 13.8 Å². The lowest BCUT2D eigenvalue weighted by Crippen LogP contribution is -2.39. The molecule has 0 aromatic rings. The Bertz CT molecular complexity index is 155. The second-order valence-electron chi connectivity index (χ2n) is 4.58. The summed E-state index contributed by atoms with van der Waals surface area (Å²) in [6, 6.07) is 0. The first-order chi connectivity index (χ1) is 6.66. The highest BCUT2D eigenvalue weighted by molar-refractivity contribution is 4.80. The summed E-state index contributed by atoms with van der Waals surface area (Å²) in [5.41, 5.74) is 5.69. The van der Waals surface area contributed by atoms with E-state index in [9.17, 15) is 5.11 Å². The monoisotopic (exact) mass is 201 g/mol. The molecule has 0 spiro atoms. The van der Waals surface area contributed by atoms with Gasteiger partial charge in [0.1, 0.15) is 0 Å². The van der Waals surface area contributed by atoms with E-state index >= 15 is 0 Å². The van der Waals surface area contributed by atoms with Crippen molar-refractivity contribution in [1.82, 2.24) is 0 Å². The van der Waals surface area contributed by atoms with Crippen LogP contribution in [0.5, 0.6) is 0 Å². The van der Waals surface area contributed by atoms with Crippen molar-refractivity contribution < 1.29 is 9.84 Å². The lowest BCUT2D eigenvalue weighted by Gasteiger charge is -2.33. The Morgan fingerprint density at radius 3 is 2.36 bits per heavy atom. The Labute approximate surface area is 86.6 Å². The molecule has 0 amide bonds. The molecular formula is C11H23NO2. The van der Waals surface area contributed by atoms with Crippen molar-refractivity contribution in [3.63, 3.8) is 0 Å². The maximum Gasteiger partial charge on any atom is 0.0612 e. The van der Waals surface area contributed by atoms with Gasteiger partial charge in [-0.05, 0) is 37.1 Å². The third-order valence-corrected chi connectivity index (χ3v) is 3.32. The number of hydrogen-bond acceptors (Lipinski definition) is 3. The number of aliphatic hydroxyl groups is 1. The predicted octanol–water partition coefficient (Wildman–Crippen LogP) is 1.00. The Hall–Kier alpha value is -0.120. The van der Waals surface area contributed by atoms with E-state index in [1.807, 2.05) is 0 Å². The number of rotatable bonds is 4. The molecule has 0 radical (unpaired) electrons. The Morgan fingerprint density at radius 2 is 1.93 bits per heavy atom. The molecule has 1 fully saturated rings. The molecule has 1 rings (SSSR count). The van der Waals surface area contributed by atoms with E-state index in [0.717, 1.165) is 26.1 Å². The van der Waals surface area contributed by atoms with Gasteiger partial charge in [-0.25, -0.2) is 0 Å². The van der Waals surface area contributed by atoms with E-state index in [1.54, 1.807) is 0 Å². The molecule has 3 N–H and O–H groups in total. The number of nitrogens with two attached hydrogens (primary N) is 1. The molecule has 0 aromatic heterocycles.